The van der Waals surface area contributed by atoms with E-state index in [4.69, 9.17) is 0 Å². The lowest BCUT2D eigenvalue weighted by Crippen LogP contribution is -2.48. The summed E-state index contributed by atoms with van der Waals surface area (Å²) in [4.78, 5) is 49.3. The van der Waals surface area contributed by atoms with Crippen molar-refractivity contribution in [1.82, 2.24) is 5.32 Å². The smallest absolute Gasteiger partial charge is 0.326 e. The second-order valence-electron chi connectivity index (χ2n) is 6.79. The topological polar surface area (TPSA) is 101 Å². The molecule has 2 aromatic carbocycles. The molecular weight excluding hydrogens is 422 g/mol. The zero-order chi connectivity index (χ0) is 22.1. The number of carboxylic acids is 1. The van der Waals surface area contributed by atoms with E-state index in [9.17, 15) is 24.3 Å². The van der Waals surface area contributed by atoms with Crippen LogP contribution in [0.4, 0.5) is 0 Å². The van der Waals surface area contributed by atoms with Crippen molar-refractivity contribution in [1.29, 1.82) is 0 Å². The second-order valence-corrected chi connectivity index (χ2v) is 8.96. The molecule has 0 aliphatic rings. The van der Waals surface area contributed by atoms with Crippen LogP contribution in [0.1, 0.15) is 34.6 Å². The van der Waals surface area contributed by atoms with Crippen molar-refractivity contribution in [2.75, 3.05) is 5.75 Å². The highest BCUT2D eigenvalue weighted by molar-refractivity contribution is 8.18. The minimum absolute atomic E-state index is 0.0350. The first-order chi connectivity index (χ1) is 14.3. The number of hydrogen-bond acceptors (Lipinski definition) is 6. The number of amides is 1. The normalized spacial score (nSPS) is 12.8. The Morgan fingerprint density at radius 3 is 1.83 bits per heavy atom. The molecular formula is C22H23NO5S2. The molecule has 0 heterocycles. The molecule has 0 fully saturated rings. The third kappa shape index (κ3) is 7.03. The quantitative estimate of drug-likeness (QED) is 0.606. The van der Waals surface area contributed by atoms with Gasteiger partial charge in [0.15, 0.2) is 0 Å². The fraction of sp³-hybridized carbons (Fsp3) is 0.273. The Bertz CT molecular complexity index is 887. The summed E-state index contributed by atoms with van der Waals surface area (Å²) in [5.74, 6) is -2.03. The molecule has 2 aromatic rings. The Hall–Kier alpha value is -2.58. The van der Waals surface area contributed by atoms with Crippen LogP contribution in [0.5, 0.6) is 0 Å². The van der Waals surface area contributed by atoms with Gasteiger partial charge in [0.25, 0.3) is 0 Å². The van der Waals surface area contributed by atoms with E-state index < -0.39 is 23.2 Å². The SMILES string of the molecule is CC(C)[C@H](NC(=O)[C@@H](CSC(=O)c1ccccc1)SC(=O)c1ccccc1)C(=O)O. The molecule has 8 heteroatoms. The monoisotopic (exact) mass is 445 g/mol. The lowest BCUT2D eigenvalue weighted by molar-refractivity contribution is -0.142. The van der Waals surface area contributed by atoms with Gasteiger partial charge in [-0.15, -0.1) is 0 Å². The fourth-order valence-corrected chi connectivity index (χ4v) is 4.44. The molecule has 158 valence electrons. The molecule has 0 saturated carbocycles. The molecule has 0 spiro atoms. The molecule has 0 radical (unpaired) electrons. The predicted molar refractivity (Wildman–Crippen MR) is 120 cm³/mol. The van der Waals surface area contributed by atoms with Crippen molar-refractivity contribution in [2.45, 2.75) is 25.1 Å². The number of thioether (sulfide) groups is 2. The van der Waals surface area contributed by atoms with Crippen molar-refractivity contribution in [2.24, 2.45) is 5.92 Å². The average Bonchev–Trinajstić information content (AvgIpc) is 2.75. The van der Waals surface area contributed by atoms with Crippen molar-refractivity contribution in [3.05, 3.63) is 71.8 Å². The van der Waals surface area contributed by atoms with E-state index in [0.29, 0.717) is 11.1 Å². The van der Waals surface area contributed by atoms with Crippen LogP contribution in [-0.4, -0.2) is 44.3 Å². The van der Waals surface area contributed by atoms with Gasteiger partial charge in [0.05, 0.1) is 0 Å². The summed E-state index contributed by atoms with van der Waals surface area (Å²) in [7, 11) is 0. The zero-order valence-electron chi connectivity index (χ0n) is 16.6. The lowest BCUT2D eigenvalue weighted by atomic mass is 10.0. The summed E-state index contributed by atoms with van der Waals surface area (Å²) in [5.41, 5.74) is 0.921. The molecule has 6 nitrogen and oxygen atoms in total. The Morgan fingerprint density at radius 1 is 0.867 bits per heavy atom. The zero-order valence-corrected chi connectivity index (χ0v) is 18.2. The number of carboxylic acid groups (broad SMARTS) is 1. The van der Waals surface area contributed by atoms with Gasteiger partial charge in [-0.05, 0) is 5.92 Å². The summed E-state index contributed by atoms with van der Waals surface area (Å²) in [6.45, 7) is 3.37. The summed E-state index contributed by atoms with van der Waals surface area (Å²) in [6, 6.07) is 16.0. The minimum atomic E-state index is -1.15. The van der Waals surface area contributed by atoms with E-state index in [2.05, 4.69) is 5.32 Å². The Kier molecular flexibility index (Phi) is 9.14. The Morgan fingerprint density at radius 2 is 1.37 bits per heavy atom. The maximum Gasteiger partial charge on any atom is 0.326 e. The van der Waals surface area contributed by atoms with Crippen LogP contribution in [0.15, 0.2) is 60.7 Å². The lowest BCUT2D eigenvalue weighted by Gasteiger charge is -2.21. The highest BCUT2D eigenvalue weighted by Gasteiger charge is 2.30. The van der Waals surface area contributed by atoms with Gasteiger partial charge in [0.2, 0.25) is 16.1 Å². The third-order valence-corrected chi connectivity index (χ3v) is 6.48. The van der Waals surface area contributed by atoms with Gasteiger partial charge in [0.1, 0.15) is 11.3 Å². The molecule has 1 amide bonds. The van der Waals surface area contributed by atoms with Gasteiger partial charge in [-0.2, -0.15) is 0 Å². The van der Waals surface area contributed by atoms with E-state index in [0.717, 1.165) is 23.5 Å². The molecule has 0 saturated heterocycles. The standard InChI is InChI=1S/C22H23NO5S2/c1-14(2)18(20(25)26)23-19(24)17(30-22(28)16-11-7-4-8-12-16)13-29-21(27)15-9-5-3-6-10-15/h3-12,14,17-18H,13H2,1-2H3,(H,23,24)(H,25,26)/t17-,18+/m1/s1. The van der Waals surface area contributed by atoms with Crippen LogP contribution in [0.3, 0.4) is 0 Å². The van der Waals surface area contributed by atoms with Crippen molar-refractivity contribution in [3.8, 4) is 0 Å². The second kappa shape index (κ2) is 11.6. The first kappa shape index (κ1) is 23.7. The van der Waals surface area contributed by atoms with Crippen LogP contribution < -0.4 is 5.32 Å². The van der Waals surface area contributed by atoms with Gasteiger partial charge < -0.3 is 10.4 Å². The molecule has 2 rings (SSSR count). The maximum absolute atomic E-state index is 12.8. The molecule has 30 heavy (non-hydrogen) atoms. The molecule has 0 aliphatic carbocycles. The van der Waals surface area contributed by atoms with Crippen LogP contribution in [0, 0.1) is 5.92 Å². The van der Waals surface area contributed by atoms with Crippen LogP contribution in [0.2, 0.25) is 0 Å². The summed E-state index contributed by atoms with van der Waals surface area (Å²) in [5, 5.41) is 10.4. The van der Waals surface area contributed by atoms with E-state index in [1.165, 1.54) is 0 Å². The molecule has 0 unspecified atom stereocenters. The van der Waals surface area contributed by atoms with Crippen molar-refractivity contribution < 1.29 is 24.3 Å². The highest BCUT2D eigenvalue weighted by Crippen LogP contribution is 2.24. The van der Waals surface area contributed by atoms with Crippen molar-refractivity contribution >= 4 is 45.6 Å². The number of carbonyl (C=O) groups is 4. The van der Waals surface area contributed by atoms with Gasteiger partial charge in [0, 0.05) is 16.9 Å². The minimum Gasteiger partial charge on any atom is -0.480 e. The van der Waals surface area contributed by atoms with E-state index in [1.807, 2.05) is 0 Å². The number of hydrogen-bond donors (Lipinski definition) is 2. The number of nitrogens with one attached hydrogen (secondary N) is 1. The number of benzene rings is 2. The van der Waals surface area contributed by atoms with Gasteiger partial charge in [-0.3, -0.25) is 14.4 Å². The van der Waals surface area contributed by atoms with Gasteiger partial charge >= 0.3 is 5.97 Å². The van der Waals surface area contributed by atoms with Crippen LogP contribution >= 0.6 is 23.5 Å². The fourth-order valence-electron chi connectivity index (χ4n) is 2.50. The number of aliphatic carboxylic acids is 1. The van der Waals surface area contributed by atoms with Crippen molar-refractivity contribution in [3.63, 3.8) is 0 Å². The molecule has 0 aromatic heterocycles. The molecule has 0 aliphatic heterocycles. The largest absolute Gasteiger partial charge is 0.480 e. The number of rotatable bonds is 9. The third-order valence-electron chi connectivity index (χ3n) is 4.16. The van der Waals surface area contributed by atoms with Crippen LogP contribution in [0.25, 0.3) is 0 Å². The van der Waals surface area contributed by atoms with E-state index >= 15 is 0 Å². The van der Waals surface area contributed by atoms with Gasteiger partial charge in [-0.1, -0.05) is 98.0 Å². The van der Waals surface area contributed by atoms with E-state index in [-0.39, 0.29) is 21.9 Å². The summed E-state index contributed by atoms with van der Waals surface area (Å²) >= 11 is 1.72. The molecule has 2 N–H and O–H groups in total. The molecule has 0 bridgehead atoms. The highest BCUT2D eigenvalue weighted by atomic mass is 32.2. The van der Waals surface area contributed by atoms with Gasteiger partial charge in [-0.25, -0.2) is 4.79 Å². The molecule has 2 atom stereocenters. The summed E-state index contributed by atoms with van der Waals surface area (Å²) in [6.07, 6.45) is 0. The van der Waals surface area contributed by atoms with Crippen LogP contribution in [-0.2, 0) is 9.59 Å². The van der Waals surface area contributed by atoms with E-state index in [1.54, 1.807) is 74.5 Å². The summed E-state index contributed by atoms with van der Waals surface area (Å²) < 4.78 is 0. The Labute approximate surface area is 183 Å². The number of carbonyl (C=O) groups excluding carboxylic acids is 3. The first-order valence-electron chi connectivity index (χ1n) is 9.31. The Balaban J connectivity index is 2.14. The first-order valence-corrected chi connectivity index (χ1v) is 11.2. The predicted octanol–water partition coefficient (Wildman–Crippen LogP) is 3.73. The maximum atomic E-state index is 12.8. The average molecular weight is 446 g/mol.